The average molecular weight is 214 g/mol. The van der Waals surface area contributed by atoms with Crippen LogP contribution in [0.1, 0.15) is 53.4 Å². The summed E-state index contributed by atoms with van der Waals surface area (Å²) in [5.74, 6) is 0. The summed E-state index contributed by atoms with van der Waals surface area (Å²) >= 11 is 0. The van der Waals surface area contributed by atoms with Crippen LogP contribution in [0.4, 0.5) is 0 Å². The quantitative estimate of drug-likeness (QED) is 0.708. The lowest BCUT2D eigenvalue weighted by molar-refractivity contribution is 0.276. The molecule has 1 aliphatic rings. The number of nitrogens with zero attached hydrogens (tertiary/aromatic N) is 1. The number of unbranched alkanes of at least 4 members (excludes halogenated alkanes) is 1. The summed E-state index contributed by atoms with van der Waals surface area (Å²) in [6.07, 6.45) is 5.44. The standard InChI is InChI=1S/C7H15N.C6H15N/c1-7(2)8-5-3-4-6-8;1-3-5-6-7-4-2/h7H,3-6H2,1-2H3;7H,3-6H2,1-2H3. The number of nitrogens with one attached hydrogen (secondary N) is 1. The van der Waals surface area contributed by atoms with Crippen LogP contribution in [0.3, 0.4) is 0 Å². The Bertz CT molecular complexity index is 114. The van der Waals surface area contributed by atoms with Gasteiger partial charge in [-0.25, -0.2) is 0 Å². The van der Waals surface area contributed by atoms with E-state index in [1.54, 1.807) is 0 Å². The Balaban J connectivity index is 0.000000265. The van der Waals surface area contributed by atoms with E-state index in [0.717, 1.165) is 12.6 Å². The molecule has 1 rings (SSSR count). The molecule has 0 aromatic carbocycles. The molecule has 15 heavy (non-hydrogen) atoms. The molecule has 1 heterocycles. The van der Waals surface area contributed by atoms with Gasteiger partial charge in [0, 0.05) is 6.04 Å². The van der Waals surface area contributed by atoms with Gasteiger partial charge in [0.2, 0.25) is 0 Å². The van der Waals surface area contributed by atoms with Crippen molar-refractivity contribution >= 4 is 0 Å². The van der Waals surface area contributed by atoms with Crippen LogP contribution in [0, 0.1) is 0 Å². The Morgan fingerprint density at radius 3 is 2.07 bits per heavy atom. The minimum Gasteiger partial charge on any atom is -0.317 e. The smallest absolute Gasteiger partial charge is 0.00385 e. The highest BCUT2D eigenvalue weighted by atomic mass is 15.2. The fourth-order valence-corrected chi connectivity index (χ4v) is 1.74. The normalized spacial score (nSPS) is 16.6. The van der Waals surface area contributed by atoms with Gasteiger partial charge in [-0.05, 0) is 59.3 Å². The van der Waals surface area contributed by atoms with E-state index in [1.807, 2.05) is 0 Å². The summed E-state index contributed by atoms with van der Waals surface area (Å²) in [6.45, 7) is 13.8. The highest BCUT2D eigenvalue weighted by molar-refractivity contribution is 4.68. The predicted molar refractivity (Wildman–Crippen MR) is 69.4 cm³/mol. The molecule has 0 aromatic rings. The molecule has 2 heteroatoms. The number of rotatable bonds is 5. The Labute approximate surface area is 96.4 Å². The SMILES string of the molecule is CC(C)N1CCCC1.CCCCNCC. The highest BCUT2D eigenvalue weighted by Gasteiger charge is 2.13. The molecular formula is C13H30N2. The summed E-state index contributed by atoms with van der Waals surface area (Å²) in [6, 6.07) is 0.775. The molecular weight excluding hydrogens is 184 g/mol. The van der Waals surface area contributed by atoms with Gasteiger partial charge in [-0.2, -0.15) is 0 Å². The fourth-order valence-electron chi connectivity index (χ4n) is 1.74. The zero-order valence-corrected chi connectivity index (χ0v) is 11.2. The van der Waals surface area contributed by atoms with Crippen LogP contribution in [-0.2, 0) is 0 Å². The Hall–Kier alpha value is -0.0800. The van der Waals surface area contributed by atoms with Gasteiger partial charge in [-0.15, -0.1) is 0 Å². The minimum atomic E-state index is 0.775. The second-order valence-electron chi connectivity index (χ2n) is 4.54. The van der Waals surface area contributed by atoms with Gasteiger partial charge in [-0.1, -0.05) is 20.3 Å². The largest absolute Gasteiger partial charge is 0.317 e. The Morgan fingerprint density at radius 2 is 1.73 bits per heavy atom. The van der Waals surface area contributed by atoms with Crippen LogP contribution in [0.5, 0.6) is 0 Å². The molecule has 0 aromatic heterocycles. The van der Waals surface area contributed by atoms with Crippen molar-refractivity contribution in [3.63, 3.8) is 0 Å². The molecule has 0 unspecified atom stereocenters. The minimum absolute atomic E-state index is 0.775. The molecule has 0 bridgehead atoms. The van der Waals surface area contributed by atoms with Gasteiger partial charge < -0.3 is 10.2 Å². The predicted octanol–water partition coefficient (Wildman–Crippen LogP) is 2.89. The maximum atomic E-state index is 3.25. The first kappa shape index (κ1) is 14.9. The lowest BCUT2D eigenvalue weighted by atomic mass is 10.3. The van der Waals surface area contributed by atoms with E-state index in [0.29, 0.717) is 0 Å². The zero-order valence-electron chi connectivity index (χ0n) is 11.2. The monoisotopic (exact) mass is 214 g/mol. The molecule has 0 amide bonds. The third-order valence-corrected chi connectivity index (χ3v) is 2.83. The maximum Gasteiger partial charge on any atom is 0.00385 e. The zero-order chi connectivity index (χ0) is 11.5. The molecule has 1 N–H and O–H groups in total. The first-order valence-corrected chi connectivity index (χ1v) is 6.67. The third kappa shape index (κ3) is 8.88. The fraction of sp³-hybridized carbons (Fsp3) is 1.00. The lowest BCUT2D eigenvalue weighted by Gasteiger charge is -2.18. The van der Waals surface area contributed by atoms with Gasteiger partial charge in [-0.3, -0.25) is 0 Å². The molecule has 0 atom stereocenters. The van der Waals surface area contributed by atoms with Crippen LogP contribution in [0.2, 0.25) is 0 Å². The summed E-state index contributed by atoms with van der Waals surface area (Å²) in [7, 11) is 0. The molecule has 0 saturated carbocycles. The van der Waals surface area contributed by atoms with Crippen molar-refractivity contribution in [3.8, 4) is 0 Å². The second-order valence-corrected chi connectivity index (χ2v) is 4.54. The number of likely N-dealkylation sites (tertiary alicyclic amines) is 1. The van der Waals surface area contributed by atoms with E-state index < -0.39 is 0 Å². The van der Waals surface area contributed by atoms with Crippen LogP contribution in [0.15, 0.2) is 0 Å². The summed E-state index contributed by atoms with van der Waals surface area (Å²) in [5.41, 5.74) is 0. The van der Waals surface area contributed by atoms with Gasteiger partial charge in [0.1, 0.15) is 0 Å². The summed E-state index contributed by atoms with van der Waals surface area (Å²) < 4.78 is 0. The average Bonchev–Trinajstić information content (AvgIpc) is 2.72. The topological polar surface area (TPSA) is 15.3 Å². The summed E-state index contributed by atoms with van der Waals surface area (Å²) in [5, 5.41) is 3.25. The van der Waals surface area contributed by atoms with Crippen LogP contribution in [-0.4, -0.2) is 37.1 Å². The van der Waals surface area contributed by atoms with Crippen molar-refractivity contribution < 1.29 is 0 Å². The van der Waals surface area contributed by atoms with Crippen molar-refractivity contribution in [2.45, 2.75) is 59.4 Å². The molecule has 1 fully saturated rings. The van der Waals surface area contributed by atoms with Crippen LogP contribution in [0.25, 0.3) is 0 Å². The first-order valence-electron chi connectivity index (χ1n) is 6.67. The van der Waals surface area contributed by atoms with Gasteiger partial charge in [0.25, 0.3) is 0 Å². The Morgan fingerprint density at radius 1 is 1.13 bits per heavy atom. The third-order valence-electron chi connectivity index (χ3n) is 2.83. The van der Waals surface area contributed by atoms with Gasteiger partial charge in [0.15, 0.2) is 0 Å². The van der Waals surface area contributed by atoms with E-state index in [9.17, 15) is 0 Å². The van der Waals surface area contributed by atoms with Crippen LogP contribution < -0.4 is 5.32 Å². The van der Waals surface area contributed by atoms with Gasteiger partial charge in [0.05, 0.1) is 0 Å². The molecule has 2 nitrogen and oxygen atoms in total. The maximum absolute atomic E-state index is 3.25. The van der Waals surface area contributed by atoms with Crippen molar-refractivity contribution in [2.24, 2.45) is 0 Å². The molecule has 1 saturated heterocycles. The highest BCUT2D eigenvalue weighted by Crippen LogP contribution is 2.09. The number of hydrogen-bond donors (Lipinski definition) is 1. The lowest BCUT2D eigenvalue weighted by Crippen LogP contribution is -2.26. The molecule has 1 aliphatic heterocycles. The molecule has 0 spiro atoms. The second kappa shape index (κ2) is 10.4. The Kier molecular flexibility index (Phi) is 10.4. The van der Waals surface area contributed by atoms with Gasteiger partial charge >= 0.3 is 0 Å². The van der Waals surface area contributed by atoms with Crippen molar-refractivity contribution in [1.29, 1.82) is 0 Å². The summed E-state index contributed by atoms with van der Waals surface area (Å²) in [4.78, 5) is 2.53. The van der Waals surface area contributed by atoms with E-state index in [4.69, 9.17) is 0 Å². The van der Waals surface area contributed by atoms with Crippen molar-refractivity contribution in [2.75, 3.05) is 26.2 Å². The number of hydrogen-bond acceptors (Lipinski definition) is 2. The molecule has 0 aliphatic carbocycles. The van der Waals surface area contributed by atoms with Crippen LogP contribution >= 0.6 is 0 Å². The molecule has 92 valence electrons. The van der Waals surface area contributed by atoms with Crippen molar-refractivity contribution in [1.82, 2.24) is 10.2 Å². The molecule has 0 radical (unpaired) electrons. The van der Waals surface area contributed by atoms with E-state index in [1.165, 1.54) is 45.3 Å². The van der Waals surface area contributed by atoms with E-state index >= 15 is 0 Å². The van der Waals surface area contributed by atoms with E-state index in [2.05, 4.69) is 37.9 Å². The van der Waals surface area contributed by atoms with Crippen molar-refractivity contribution in [3.05, 3.63) is 0 Å². The first-order chi connectivity index (χ1) is 7.22. The van der Waals surface area contributed by atoms with E-state index in [-0.39, 0.29) is 0 Å².